The van der Waals surface area contributed by atoms with Crippen LogP contribution in [0.1, 0.15) is 25.8 Å². The van der Waals surface area contributed by atoms with Gasteiger partial charge in [0.1, 0.15) is 12.0 Å². The Hall–Kier alpha value is -1.91. The molecule has 1 aromatic heterocycles. The molecule has 0 radical (unpaired) electrons. The number of benzene rings is 2. The zero-order valence-corrected chi connectivity index (χ0v) is 21.2. The number of carbonyl (C=O) groups is 1. The van der Waals surface area contributed by atoms with Crippen LogP contribution in [0.25, 0.3) is 10.9 Å². The zero-order valence-electron chi connectivity index (χ0n) is 18.2. The molecule has 1 saturated heterocycles. The second kappa shape index (κ2) is 9.52. The number of sulfonamides is 1. The van der Waals surface area contributed by atoms with Gasteiger partial charge in [-0.05, 0) is 103 Å². The summed E-state index contributed by atoms with van der Waals surface area (Å²) < 4.78 is 36.6. The van der Waals surface area contributed by atoms with Crippen LogP contribution in [0.15, 0.2) is 53.6 Å². The maximum Gasteiger partial charge on any atom is 0.243 e. The molecule has 32 heavy (non-hydrogen) atoms. The van der Waals surface area contributed by atoms with E-state index in [2.05, 4.69) is 28.7 Å². The van der Waals surface area contributed by atoms with Crippen molar-refractivity contribution in [3.8, 4) is 5.75 Å². The van der Waals surface area contributed by atoms with Gasteiger partial charge in [0.25, 0.3) is 0 Å². The largest absolute Gasteiger partial charge is 0.491 e. The number of rotatable bonds is 8. The molecule has 170 valence electrons. The molecular formula is C24H27IN2O4S. The number of aromatic nitrogens is 1. The van der Waals surface area contributed by atoms with E-state index in [0.29, 0.717) is 30.3 Å². The average molecular weight is 566 g/mol. The topological polar surface area (TPSA) is 68.6 Å². The third kappa shape index (κ3) is 4.87. The minimum atomic E-state index is -3.54. The molecule has 0 bridgehead atoms. The third-order valence-corrected chi connectivity index (χ3v) is 8.34. The van der Waals surface area contributed by atoms with E-state index in [9.17, 15) is 13.2 Å². The fourth-order valence-electron chi connectivity index (χ4n) is 4.34. The molecule has 1 aliphatic rings. The SMILES string of the molecule is CC(C)Oc1ccc(S(=O)(=O)N2CCC(Cc3cn(CC=O)c4ccc(I)cc34)C2)cc1. The van der Waals surface area contributed by atoms with Gasteiger partial charge in [0.2, 0.25) is 10.0 Å². The van der Waals surface area contributed by atoms with Crippen molar-refractivity contribution in [3.05, 3.63) is 57.8 Å². The Morgan fingerprint density at radius 3 is 2.62 bits per heavy atom. The van der Waals surface area contributed by atoms with E-state index in [4.69, 9.17) is 4.74 Å². The number of hydrogen-bond donors (Lipinski definition) is 0. The van der Waals surface area contributed by atoms with Crippen molar-refractivity contribution < 1.29 is 17.9 Å². The van der Waals surface area contributed by atoms with Crippen molar-refractivity contribution in [1.29, 1.82) is 0 Å². The van der Waals surface area contributed by atoms with Gasteiger partial charge in [-0.1, -0.05) is 0 Å². The summed E-state index contributed by atoms with van der Waals surface area (Å²) in [5.41, 5.74) is 2.21. The van der Waals surface area contributed by atoms with Crippen LogP contribution >= 0.6 is 22.6 Å². The van der Waals surface area contributed by atoms with E-state index in [1.165, 1.54) is 5.56 Å². The molecule has 1 aliphatic heterocycles. The molecule has 3 aromatic rings. The summed E-state index contributed by atoms with van der Waals surface area (Å²) in [5, 5.41) is 1.14. The Balaban J connectivity index is 1.50. The first kappa shape index (κ1) is 23.3. The average Bonchev–Trinajstić information content (AvgIpc) is 3.34. The minimum absolute atomic E-state index is 0.0394. The van der Waals surface area contributed by atoms with Gasteiger partial charge in [0, 0.05) is 33.8 Å². The maximum absolute atomic E-state index is 13.2. The highest BCUT2D eigenvalue weighted by atomic mass is 127. The fraction of sp³-hybridized carbons (Fsp3) is 0.375. The lowest BCUT2D eigenvalue weighted by Crippen LogP contribution is -2.29. The van der Waals surface area contributed by atoms with E-state index in [1.807, 2.05) is 36.7 Å². The summed E-state index contributed by atoms with van der Waals surface area (Å²) in [6, 6.07) is 12.9. The van der Waals surface area contributed by atoms with Gasteiger partial charge < -0.3 is 14.1 Å². The van der Waals surface area contributed by atoms with E-state index in [1.54, 1.807) is 28.6 Å². The van der Waals surface area contributed by atoms with Gasteiger partial charge in [-0.3, -0.25) is 0 Å². The highest BCUT2D eigenvalue weighted by molar-refractivity contribution is 14.1. The predicted octanol–water partition coefficient (Wildman–Crippen LogP) is 4.49. The van der Waals surface area contributed by atoms with Crippen LogP contribution in [0.2, 0.25) is 0 Å². The fourth-order valence-corrected chi connectivity index (χ4v) is 6.36. The smallest absolute Gasteiger partial charge is 0.243 e. The lowest BCUT2D eigenvalue weighted by atomic mass is 9.98. The summed E-state index contributed by atoms with van der Waals surface area (Å²) >= 11 is 2.29. The van der Waals surface area contributed by atoms with Crippen molar-refractivity contribution in [2.75, 3.05) is 13.1 Å². The molecule has 0 amide bonds. The number of nitrogens with zero attached hydrogens (tertiary/aromatic N) is 2. The summed E-state index contributed by atoms with van der Waals surface area (Å²) in [5.74, 6) is 0.904. The predicted molar refractivity (Wildman–Crippen MR) is 133 cm³/mol. The molecule has 1 unspecified atom stereocenters. The lowest BCUT2D eigenvalue weighted by molar-refractivity contribution is -0.108. The van der Waals surface area contributed by atoms with Crippen molar-refractivity contribution >= 4 is 49.8 Å². The molecule has 0 saturated carbocycles. The summed E-state index contributed by atoms with van der Waals surface area (Å²) in [4.78, 5) is 11.4. The molecule has 0 spiro atoms. The Morgan fingerprint density at radius 2 is 1.94 bits per heavy atom. The maximum atomic E-state index is 13.2. The van der Waals surface area contributed by atoms with Crippen LogP contribution in [0.4, 0.5) is 0 Å². The molecule has 6 nitrogen and oxygen atoms in total. The Morgan fingerprint density at radius 1 is 1.19 bits per heavy atom. The molecule has 0 N–H and O–H groups in total. The first-order chi connectivity index (χ1) is 15.3. The normalized spacial score (nSPS) is 17.3. The number of hydrogen-bond acceptors (Lipinski definition) is 4. The molecule has 1 atom stereocenters. The van der Waals surface area contributed by atoms with E-state index in [0.717, 1.165) is 33.6 Å². The van der Waals surface area contributed by atoms with Gasteiger partial charge in [-0.2, -0.15) is 4.31 Å². The Kier molecular flexibility index (Phi) is 6.92. The van der Waals surface area contributed by atoms with E-state index < -0.39 is 10.0 Å². The quantitative estimate of drug-likeness (QED) is 0.298. The number of ether oxygens (including phenoxy) is 1. The molecular weight excluding hydrogens is 539 g/mol. The molecule has 0 aliphatic carbocycles. The van der Waals surface area contributed by atoms with Gasteiger partial charge in [0.05, 0.1) is 17.5 Å². The monoisotopic (exact) mass is 566 g/mol. The second-order valence-electron chi connectivity index (χ2n) is 8.49. The number of halogens is 1. The number of aldehydes is 1. The number of carbonyl (C=O) groups excluding carboxylic acids is 1. The molecule has 8 heteroatoms. The van der Waals surface area contributed by atoms with Crippen LogP contribution in [-0.4, -0.2) is 42.8 Å². The minimum Gasteiger partial charge on any atom is -0.491 e. The lowest BCUT2D eigenvalue weighted by Gasteiger charge is -2.17. The van der Waals surface area contributed by atoms with Crippen LogP contribution in [0, 0.1) is 9.49 Å². The third-order valence-electron chi connectivity index (χ3n) is 5.79. The van der Waals surface area contributed by atoms with Crippen molar-refractivity contribution in [2.24, 2.45) is 5.92 Å². The first-order valence-electron chi connectivity index (χ1n) is 10.8. The van der Waals surface area contributed by atoms with Crippen LogP contribution in [-0.2, 0) is 27.8 Å². The van der Waals surface area contributed by atoms with Crippen LogP contribution in [0.3, 0.4) is 0 Å². The first-order valence-corrected chi connectivity index (χ1v) is 13.3. The summed E-state index contributed by atoms with van der Waals surface area (Å²) in [6.45, 7) is 5.20. The van der Waals surface area contributed by atoms with Gasteiger partial charge in [-0.25, -0.2) is 8.42 Å². The molecule has 2 heterocycles. The summed E-state index contributed by atoms with van der Waals surface area (Å²) in [7, 11) is -3.54. The van der Waals surface area contributed by atoms with Crippen LogP contribution < -0.4 is 4.74 Å². The zero-order chi connectivity index (χ0) is 22.9. The van der Waals surface area contributed by atoms with Crippen molar-refractivity contribution in [1.82, 2.24) is 8.87 Å². The van der Waals surface area contributed by atoms with E-state index in [-0.39, 0.29) is 12.0 Å². The molecule has 1 fully saturated rings. The number of fused-ring (bicyclic) bond motifs is 1. The highest BCUT2D eigenvalue weighted by Crippen LogP contribution is 2.31. The van der Waals surface area contributed by atoms with E-state index >= 15 is 0 Å². The second-order valence-corrected chi connectivity index (χ2v) is 11.7. The molecule has 2 aromatic carbocycles. The molecule has 4 rings (SSSR count). The summed E-state index contributed by atoms with van der Waals surface area (Å²) in [6.07, 6.45) is 4.59. The van der Waals surface area contributed by atoms with Crippen LogP contribution in [0.5, 0.6) is 5.75 Å². The van der Waals surface area contributed by atoms with Crippen molar-refractivity contribution in [2.45, 2.75) is 44.2 Å². The van der Waals surface area contributed by atoms with Gasteiger partial charge in [0.15, 0.2) is 0 Å². The highest BCUT2D eigenvalue weighted by Gasteiger charge is 2.33. The Bertz CT molecular complexity index is 1220. The van der Waals surface area contributed by atoms with Crippen molar-refractivity contribution in [3.63, 3.8) is 0 Å². The van der Waals surface area contributed by atoms with Gasteiger partial charge >= 0.3 is 0 Å². The van der Waals surface area contributed by atoms with Gasteiger partial charge in [-0.15, -0.1) is 0 Å². The standard InChI is InChI=1S/C24H27IN2O4S/c1-17(2)31-21-4-6-22(7-5-21)32(29,30)27-10-9-18(15-27)13-19-16-26(11-12-28)24-8-3-20(25)14-23(19)24/h3-8,12,14,16-18H,9-11,13,15H2,1-2H3. The Labute approximate surface area is 202 Å².